The van der Waals surface area contributed by atoms with Gasteiger partial charge in [0.2, 0.25) is 5.78 Å². The molecule has 0 saturated carbocycles. The van der Waals surface area contributed by atoms with Crippen LogP contribution in [0.25, 0.3) is 12.2 Å². The van der Waals surface area contributed by atoms with E-state index in [0.29, 0.717) is 36.0 Å². The fraction of sp³-hybridized carbons (Fsp3) is 0.148. The van der Waals surface area contributed by atoms with E-state index in [2.05, 4.69) is 6.58 Å². The Hall–Kier alpha value is -3.79. The standard InChI is InChI=1S/C27H24O4/c1-4-19-6-8-21(9-7-19)17-30-24-15-14-23-26(28)25(31-27(23)18(24)3)16-20-10-12-22(13-11-20)29-5-2/h4,6-16H,1,5,17H2,2-3H3/b25-16-. The summed E-state index contributed by atoms with van der Waals surface area (Å²) in [6.07, 6.45) is 3.56. The topological polar surface area (TPSA) is 44.8 Å². The van der Waals surface area contributed by atoms with Crippen molar-refractivity contribution in [1.82, 2.24) is 0 Å². The van der Waals surface area contributed by atoms with Gasteiger partial charge in [-0.25, -0.2) is 0 Å². The Bertz CT molecular complexity index is 1140. The van der Waals surface area contributed by atoms with Gasteiger partial charge in [0.25, 0.3) is 0 Å². The lowest BCUT2D eigenvalue weighted by molar-refractivity contribution is 0.101. The molecule has 31 heavy (non-hydrogen) atoms. The van der Waals surface area contributed by atoms with Crippen molar-refractivity contribution in [1.29, 1.82) is 0 Å². The zero-order valence-electron chi connectivity index (χ0n) is 17.7. The molecule has 4 heteroatoms. The lowest BCUT2D eigenvalue weighted by Gasteiger charge is -2.11. The number of ketones is 1. The summed E-state index contributed by atoms with van der Waals surface area (Å²) in [4.78, 5) is 12.8. The number of allylic oxidation sites excluding steroid dienone is 1. The van der Waals surface area contributed by atoms with E-state index in [1.807, 2.05) is 74.5 Å². The number of carbonyl (C=O) groups is 1. The van der Waals surface area contributed by atoms with Crippen molar-refractivity contribution in [3.8, 4) is 17.2 Å². The maximum absolute atomic E-state index is 12.8. The first-order valence-electron chi connectivity index (χ1n) is 10.2. The summed E-state index contributed by atoms with van der Waals surface area (Å²) in [7, 11) is 0. The first-order valence-corrected chi connectivity index (χ1v) is 10.2. The van der Waals surface area contributed by atoms with E-state index in [4.69, 9.17) is 14.2 Å². The van der Waals surface area contributed by atoms with Crippen molar-refractivity contribution in [3.05, 3.63) is 101 Å². The van der Waals surface area contributed by atoms with Gasteiger partial charge in [0.05, 0.1) is 12.2 Å². The Labute approximate surface area is 182 Å². The Morgan fingerprint density at radius 2 is 1.65 bits per heavy atom. The number of ether oxygens (including phenoxy) is 3. The third-order valence-corrected chi connectivity index (χ3v) is 5.14. The second-order valence-electron chi connectivity index (χ2n) is 7.24. The van der Waals surface area contributed by atoms with E-state index in [1.54, 1.807) is 12.1 Å². The van der Waals surface area contributed by atoms with Crippen molar-refractivity contribution in [2.45, 2.75) is 20.5 Å². The molecule has 0 amide bonds. The van der Waals surface area contributed by atoms with Gasteiger partial charge in [-0.15, -0.1) is 0 Å². The van der Waals surface area contributed by atoms with Crippen molar-refractivity contribution < 1.29 is 19.0 Å². The smallest absolute Gasteiger partial charge is 0.231 e. The lowest BCUT2D eigenvalue weighted by atomic mass is 10.1. The van der Waals surface area contributed by atoms with E-state index in [1.165, 1.54) is 0 Å². The summed E-state index contributed by atoms with van der Waals surface area (Å²) in [6.45, 7) is 8.65. The summed E-state index contributed by atoms with van der Waals surface area (Å²) in [6, 6.07) is 19.2. The third-order valence-electron chi connectivity index (χ3n) is 5.14. The molecule has 0 bridgehead atoms. The SMILES string of the molecule is C=Cc1ccc(COc2ccc3c(c2C)O/C(=C\c2ccc(OCC)cc2)C3=O)cc1. The van der Waals surface area contributed by atoms with E-state index in [9.17, 15) is 4.79 Å². The van der Waals surface area contributed by atoms with Crippen LogP contribution in [0.4, 0.5) is 0 Å². The monoisotopic (exact) mass is 412 g/mol. The van der Waals surface area contributed by atoms with Gasteiger partial charge < -0.3 is 14.2 Å². The highest BCUT2D eigenvalue weighted by molar-refractivity contribution is 6.14. The number of carbonyl (C=O) groups excluding carboxylic acids is 1. The molecule has 1 heterocycles. The van der Waals surface area contributed by atoms with Crippen LogP contribution in [0.5, 0.6) is 17.2 Å². The van der Waals surface area contributed by atoms with Crippen LogP contribution in [0.1, 0.15) is 39.5 Å². The number of hydrogen-bond acceptors (Lipinski definition) is 4. The zero-order valence-corrected chi connectivity index (χ0v) is 17.7. The second-order valence-corrected chi connectivity index (χ2v) is 7.24. The Morgan fingerprint density at radius 1 is 0.935 bits per heavy atom. The van der Waals surface area contributed by atoms with Crippen LogP contribution in [0.2, 0.25) is 0 Å². The van der Waals surface area contributed by atoms with E-state index in [0.717, 1.165) is 28.0 Å². The average molecular weight is 412 g/mol. The maximum atomic E-state index is 12.8. The minimum absolute atomic E-state index is 0.126. The Balaban J connectivity index is 1.51. The van der Waals surface area contributed by atoms with Crippen LogP contribution in [0.15, 0.2) is 73.0 Å². The Morgan fingerprint density at radius 3 is 2.32 bits per heavy atom. The van der Waals surface area contributed by atoms with Gasteiger partial charge in [-0.2, -0.15) is 0 Å². The number of rotatable bonds is 7. The minimum atomic E-state index is -0.126. The van der Waals surface area contributed by atoms with Gasteiger partial charge in [-0.05, 0) is 60.9 Å². The summed E-state index contributed by atoms with van der Waals surface area (Å²) >= 11 is 0. The molecule has 0 aliphatic carbocycles. The van der Waals surface area contributed by atoms with Gasteiger partial charge in [0.15, 0.2) is 5.76 Å². The van der Waals surface area contributed by atoms with Gasteiger partial charge in [-0.3, -0.25) is 4.79 Å². The van der Waals surface area contributed by atoms with Crippen LogP contribution in [-0.4, -0.2) is 12.4 Å². The predicted octanol–water partition coefficient (Wildman–Crippen LogP) is 6.23. The summed E-state index contributed by atoms with van der Waals surface area (Å²) in [5, 5.41) is 0. The van der Waals surface area contributed by atoms with Crippen molar-refractivity contribution in [3.63, 3.8) is 0 Å². The molecule has 0 radical (unpaired) electrons. The molecule has 0 fully saturated rings. The minimum Gasteiger partial charge on any atom is -0.494 e. The van der Waals surface area contributed by atoms with Crippen LogP contribution in [0, 0.1) is 6.92 Å². The normalized spacial score (nSPS) is 13.6. The number of Topliss-reactive ketones (excluding diaryl/α,β-unsaturated/α-hetero) is 1. The van der Waals surface area contributed by atoms with Crippen LogP contribution < -0.4 is 14.2 Å². The van der Waals surface area contributed by atoms with E-state index >= 15 is 0 Å². The fourth-order valence-corrected chi connectivity index (χ4v) is 3.41. The molecule has 3 aromatic rings. The molecule has 0 N–H and O–H groups in total. The highest BCUT2D eigenvalue weighted by atomic mass is 16.5. The van der Waals surface area contributed by atoms with Crippen LogP contribution >= 0.6 is 0 Å². The van der Waals surface area contributed by atoms with Crippen molar-refractivity contribution >= 4 is 17.9 Å². The van der Waals surface area contributed by atoms with E-state index in [-0.39, 0.29) is 5.78 Å². The number of hydrogen-bond donors (Lipinski definition) is 0. The second kappa shape index (κ2) is 8.92. The molecule has 156 valence electrons. The first kappa shape index (κ1) is 20.5. The molecule has 0 aromatic heterocycles. The van der Waals surface area contributed by atoms with E-state index < -0.39 is 0 Å². The summed E-state index contributed by atoms with van der Waals surface area (Å²) in [5.41, 5.74) is 4.35. The molecule has 4 nitrogen and oxygen atoms in total. The highest BCUT2D eigenvalue weighted by Crippen LogP contribution is 2.39. The van der Waals surface area contributed by atoms with Gasteiger partial charge in [0, 0.05) is 5.56 Å². The fourth-order valence-electron chi connectivity index (χ4n) is 3.41. The van der Waals surface area contributed by atoms with Crippen LogP contribution in [-0.2, 0) is 6.61 Å². The number of benzene rings is 3. The molecule has 0 atom stereocenters. The molecular weight excluding hydrogens is 388 g/mol. The molecule has 3 aromatic carbocycles. The predicted molar refractivity (Wildman–Crippen MR) is 123 cm³/mol. The number of fused-ring (bicyclic) bond motifs is 1. The lowest BCUT2D eigenvalue weighted by Crippen LogP contribution is -1.98. The Kier molecular flexibility index (Phi) is 5.89. The first-order chi connectivity index (χ1) is 15.1. The molecule has 0 spiro atoms. The molecule has 1 aliphatic heterocycles. The molecule has 0 unspecified atom stereocenters. The molecule has 0 saturated heterocycles. The van der Waals surface area contributed by atoms with Crippen molar-refractivity contribution in [2.75, 3.05) is 6.61 Å². The summed E-state index contributed by atoms with van der Waals surface area (Å²) in [5.74, 6) is 2.23. The third kappa shape index (κ3) is 4.38. The highest BCUT2D eigenvalue weighted by Gasteiger charge is 2.30. The van der Waals surface area contributed by atoms with Crippen LogP contribution in [0.3, 0.4) is 0 Å². The van der Waals surface area contributed by atoms with Gasteiger partial charge >= 0.3 is 0 Å². The quantitative estimate of drug-likeness (QED) is 0.431. The molecular formula is C27H24O4. The van der Waals surface area contributed by atoms with Gasteiger partial charge in [-0.1, -0.05) is 49.1 Å². The zero-order chi connectivity index (χ0) is 21.8. The average Bonchev–Trinajstić information content (AvgIpc) is 3.11. The largest absolute Gasteiger partial charge is 0.494 e. The maximum Gasteiger partial charge on any atom is 0.231 e. The summed E-state index contributed by atoms with van der Waals surface area (Å²) < 4.78 is 17.4. The van der Waals surface area contributed by atoms with Gasteiger partial charge in [0.1, 0.15) is 23.9 Å². The molecule has 1 aliphatic rings. The molecule has 4 rings (SSSR count). The van der Waals surface area contributed by atoms with Crippen molar-refractivity contribution in [2.24, 2.45) is 0 Å².